The first-order valence-electron chi connectivity index (χ1n) is 8.16. The maximum atomic E-state index is 6.09. The monoisotopic (exact) mass is 369 g/mol. The Morgan fingerprint density at radius 2 is 2.04 bits per heavy atom. The summed E-state index contributed by atoms with van der Waals surface area (Å²) in [5.41, 5.74) is 7.61. The van der Waals surface area contributed by atoms with Crippen LogP contribution in [0, 0.1) is 0 Å². The van der Waals surface area contributed by atoms with Crippen LogP contribution in [0.3, 0.4) is 0 Å². The number of aliphatic imine (C=N–C) groups is 1. The van der Waals surface area contributed by atoms with Crippen molar-refractivity contribution in [2.24, 2.45) is 10.7 Å². The van der Waals surface area contributed by atoms with E-state index in [9.17, 15) is 0 Å². The summed E-state index contributed by atoms with van der Waals surface area (Å²) < 4.78 is 5.12. The lowest BCUT2D eigenvalue weighted by Crippen LogP contribution is -2.23. The number of aromatic nitrogens is 1. The largest absolute Gasteiger partial charge is 0.495 e. The van der Waals surface area contributed by atoms with E-state index in [4.69, 9.17) is 22.1 Å². The molecule has 3 aromatic rings. The van der Waals surface area contributed by atoms with Gasteiger partial charge in [0.05, 0.1) is 24.2 Å². The van der Waals surface area contributed by atoms with Crippen molar-refractivity contribution in [3.63, 3.8) is 0 Å². The fourth-order valence-electron chi connectivity index (χ4n) is 2.46. The minimum atomic E-state index is 0.319. The number of hydrogen-bond acceptors (Lipinski definition) is 4. The number of guanidine groups is 1. The smallest absolute Gasteiger partial charge is 0.193 e. The van der Waals surface area contributed by atoms with Gasteiger partial charge in [-0.3, -0.25) is 4.99 Å². The molecule has 0 saturated heterocycles. The van der Waals surface area contributed by atoms with Gasteiger partial charge in [0.2, 0.25) is 0 Å². The molecule has 0 spiro atoms. The SMILES string of the molecule is COc1ccc(NC(N)=NCCNc2ccc3ccccc3n2)cc1Cl. The molecule has 0 amide bonds. The third kappa shape index (κ3) is 4.55. The van der Waals surface area contributed by atoms with Gasteiger partial charge in [-0.2, -0.15) is 0 Å². The van der Waals surface area contributed by atoms with Gasteiger partial charge >= 0.3 is 0 Å². The number of fused-ring (bicyclic) bond motifs is 1. The van der Waals surface area contributed by atoms with Crippen molar-refractivity contribution in [2.75, 3.05) is 30.8 Å². The molecule has 0 radical (unpaired) electrons. The first-order valence-corrected chi connectivity index (χ1v) is 8.53. The summed E-state index contributed by atoms with van der Waals surface area (Å²) in [5.74, 6) is 1.74. The molecular formula is C19H20ClN5O. The number of pyridine rings is 1. The van der Waals surface area contributed by atoms with Crippen molar-refractivity contribution >= 4 is 40.0 Å². The van der Waals surface area contributed by atoms with Gasteiger partial charge in [0.1, 0.15) is 11.6 Å². The van der Waals surface area contributed by atoms with Crippen molar-refractivity contribution in [3.8, 4) is 5.75 Å². The summed E-state index contributed by atoms with van der Waals surface area (Å²) in [6, 6.07) is 17.3. The number of nitrogens with one attached hydrogen (secondary N) is 2. The highest BCUT2D eigenvalue weighted by molar-refractivity contribution is 6.32. The Labute approximate surface area is 157 Å². The van der Waals surface area contributed by atoms with E-state index in [0.717, 1.165) is 22.4 Å². The predicted molar refractivity (Wildman–Crippen MR) is 108 cm³/mol. The molecule has 0 saturated carbocycles. The number of ether oxygens (including phenoxy) is 1. The maximum absolute atomic E-state index is 6.09. The summed E-state index contributed by atoms with van der Waals surface area (Å²) in [5, 5.41) is 7.86. The van der Waals surface area contributed by atoms with Crippen molar-refractivity contribution in [1.82, 2.24) is 4.98 Å². The van der Waals surface area contributed by atoms with Gasteiger partial charge in [0.15, 0.2) is 5.96 Å². The molecule has 1 heterocycles. The lowest BCUT2D eigenvalue weighted by Gasteiger charge is -2.09. The Kier molecular flexibility index (Phi) is 5.76. The number of halogens is 1. The maximum Gasteiger partial charge on any atom is 0.193 e. The summed E-state index contributed by atoms with van der Waals surface area (Å²) >= 11 is 6.09. The van der Waals surface area contributed by atoms with Crippen LogP contribution in [-0.2, 0) is 0 Å². The third-order valence-electron chi connectivity index (χ3n) is 3.72. The number of nitrogens with two attached hydrogens (primary N) is 1. The zero-order valence-corrected chi connectivity index (χ0v) is 15.1. The first-order chi connectivity index (χ1) is 12.7. The van der Waals surface area contributed by atoms with Gasteiger partial charge in [-0.25, -0.2) is 4.98 Å². The third-order valence-corrected chi connectivity index (χ3v) is 4.02. The van der Waals surface area contributed by atoms with Crippen LogP contribution in [0.5, 0.6) is 5.75 Å². The van der Waals surface area contributed by atoms with Crippen molar-refractivity contribution in [1.29, 1.82) is 0 Å². The summed E-state index contributed by atoms with van der Waals surface area (Å²) in [6.07, 6.45) is 0. The summed E-state index contributed by atoms with van der Waals surface area (Å²) in [7, 11) is 1.57. The molecule has 26 heavy (non-hydrogen) atoms. The number of rotatable bonds is 6. The Morgan fingerprint density at radius 1 is 1.19 bits per heavy atom. The highest BCUT2D eigenvalue weighted by atomic mass is 35.5. The fourth-order valence-corrected chi connectivity index (χ4v) is 2.71. The molecule has 2 aromatic carbocycles. The van der Waals surface area contributed by atoms with Crippen LogP contribution in [0.15, 0.2) is 59.6 Å². The molecule has 3 rings (SSSR count). The molecule has 7 heteroatoms. The number of hydrogen-bond donors (Lipinski definition) is 3. The lowest BCUT2D eigenvalue weighted by molar-refractivity contribution is 0.415. The Balaban J connectivity index is 1.51. The second-order valence-corrected chi connectivity index (χ2v) is 5.96. The molecule has 0 fully saturated rings. The molecule has 4 N–H and O–H groups in total. The van der Waals surface area contributed by atoms with Crippen LogP contribution >= 0.6 is 11.6 Å². The van der Waals surface area contributed by atoms with Crippen LogP contribution in [-0.4, -0.2) is 31.1 Å². The molecule has 0 aliphatic carbocycles. The van der Waals surface area contributed by atoms with E-state index >= 15 is 0 Å². The number of benzene rings is 2. The molecule has 1 aromatic heterocycles. The van der Waals surface area contributed by atoms with E-state index in [0.29, 0.717) is 29.8 Å². The van der Waals surface area contributed by atoms with Gasteiger partial charge < -0.3 is 21.1 Å². The lowest BCUT2D eigenvalue weighted by atomic mass is 10.2. The highest BCUT2D eigenvalue weighted by Crippen LogP contribution is 2.27. The van der Waals surface area contributed by atoms with E-state index in [-0.39, 0.29) is 0 Å². The molecular weight excluding hydrogens is 350 g/mol. The zero-order chi connectivity index (χ0) is 18.4. The van der Waals surface area contributed by atoms with E-state index in [1.165, 1.54) is 0 Å². The van der Waals surface area contributed by atoms with Crippen molar-refractivity contribution < 1.29 is 4.74 Å². The predicted octanol–water partition coefficient (Wildman–Crippen LogP) is 3.74. The summed E-state index contributed by atoms with van der Waals surface area (Å²) in [6.45, 7) is 1.13. The van der Waals surface area contributed by atoms with Gasteiger partial charge in [0, 0.05) is 17.6 Å². The number of methoxy groups -OCH3 is 1. The summed E-state index contributed by atoms with van der Waals surface area (Å²) in [4.78, 5) is 8.84. The van der Waals surface area contributed by atoms with Gasteiger partial charge in [-0.05, 0) is 36.4 Å². The van der Waals surface area contributed by atoms with Crippen molar-refractivity contribution in [2.45, 2.75) is 0 Å². The number of nitrogens with zero attached hydrogens (tertiary/aromatic N) is 2. The average molecular weight is 370 g/mol. The van der Waals surface area contributed by atoms with E-state index in [2.05, 4.69) is 20.6 Å². The molecule has 0 unspecified atom stereocenters. The second-order valence-electron chi connectivity index (χ2n) is 5.56. The molecule has 134 valence electrons. The van der Waals surface area contributed by atoms with Crippen LogP contribution in [0.25, 0.3) is 10.9 Å². The van der Waals surface area contributed by atoms with Crippen LogP contribution in [0.2, 0.25) is 5.02 Å². The van der Waals surface area contributed by atoms with Crippen LogP contribution in [0.1, 0.15) is 0 Å². The molecule has 0 bridgehead atoms. The Morgan fingerprint density at radius 3 is 2.85 bits per heavy atom. The van der Waals surface area contributed by atoms with E-state index in [1.807, 2.05) is 42.5 Å². The topological polar surface area (TPSA) is 84.6 Å². The van der Waals surface area contributed by atoms with Crippen molar-refractivity contribution in [3.05, 3.63) is 59.6 Å². The Hall–Kier alpha value is -2.99. The fraction of sp³-hybridized carbons (Fsp3) is 0.158. The van der Waals surface area contributed by atoms with Crippen LogP contribution in [0.4, 0.5) is 11.5 Å². The molecule has 6 nitrogen and oxygen atoms in total. The second kappa shape index (κ2) is 8.40. The normalized spacial score (nSPS) is 11.4. The zero-order valence-electron chi connectivity index (χ0n) is 14.4. The quantitative estimate of drug-likeness (QED) is 0.350. The molecule has 0 aliphatic rings. The minimum Gasteiger partial charge on any atom is -0.495 e. The molecule has 0 aliphatic heterocycles. The van der Waals surface area contributed by atoms with E-state index < -0.39 is 0 Å². The van der Waals surface area contributed by atoms with Gasteiger partial charge in [0.25, 0.3) is 0 Å². The standard InChI is InChI=1S/C19H20ClN5O/c1-26-17-8-7-14(12-15(17)20)24-19(21)23-11-10-22-18-9-6-13-4-2-3-5-16(13)25-18/h2-9,12H,10-11H2,1H3,(H,22,25)(H3,21,23,24). The number of anilines is 2. The molecule has 0 atom stereocenters. The van der Waals surface area contributed by atoms with Gasteiger partial charge in [-0.15, -0.1) is 0 Å². The van der Waals surface area contributed by atoms with Gasteiger partial charge in [-0.1, -0.05) is 29.8 Å². The minimum absolute atomic E-state index is 0.319. The first kappa shape index (κ1) is 17.8. The van der Waals surface area contributed by atoms with Crippen LogP contribution < -0.4 is 21.1 Å². The van der Waals surface area contributed by atoms with E-state index in [1.54, 1.807) is 19.2 Å². The Bertz CT molecular complexity index is 929. The number of para-hydroxylation sites is 1. The average Bonchev–Trinajstić information content (AvgIpc) is 2.65. The highest BCUT2D eigenvalue weighted by Gasteiger charge is 2.02.